The lowest BCUT2D eigenvalue weighted by atomic mass is 10.4. The highest BCUT2D eigenvalue weighted by atomic mass is 79.9. The summed E-state index contributed by atoms with van der Waals surface area (Å²) < 4.78 is 0.978. The fourth-order valence-electron chi connectivity index (χ4n) is 0.328. The Hall–Kier alpha value is -0.300. The van der Waals surface area contributed by atoms with Gasteiger partial charge in [0.05, 0.1) is 0 Å². The van der Waals surface area contributed by atoms with Crippen LogP contribution >= 0.6 is 15.9 Å². The maximum atomic E-state index is 3.24. The maximum Gasteiger partial charge on any atom is 0.0254 e. The number of rotatable bonds is 0. The van der Waals surface area contributed by atoms with Crippen molar-refractivity contribution in [1.82, 2.24) is 0 Å². The van der Waals surface area contributed by atoms with Crippen molar-refractivity contribution < 1.29 is 0 Å². The minimum atomic E-state index is 0.978. The van der Waals surface area contributed by atoms with Crippen molar-refractivity contribution in [3.05, 3.63) is 34.8 Å². The van der Waals surface area contributed by atoms with E-state index < -0.39 is 0 Å². The molecule has 0 fully saturated rings. The third-order valence-corrected chi connectivity index (χ3v) is 1.11. The Kier molecular flexibility index (Phi) is 1.47. The van der Waals surface area contributed by atoms with E-state index in [-0.39, 0.29) is 0 Å². The van der Waals surface area contributed by atoms with Crippen molar-refractivity contribution in [3.63, 3.8) is 0 Å². The van der Waals surface area contributed by atoms with Gasteiger partial charge in [0.25, 0.3) is 0 Å². The zero-order valence-electron chi connectivity index (χ0n) is 3.61. The molecular weight excluding hydrogens is 152 g/mol. The minimum Gasteiger partial charge on any atom is -0.0532 e. The first-order valence-electron chi connectivity index (χ1n) is 1.93. The predicted molar refractivity (Wildman–Crippen MR) is 31.8 cm³/mol. The van der Waals surface area contributed by atoms with Gasteiger partial charge in [-0.15, -0.1) is 0 Å². The van der Waals surface area contributed by atoms with Crippen molar-refractivity contribution in [3.8, 4) is 0 Å². The van der Waals surface area contributed by atoms with Crippen LogP contribution in [0.2, 0.25) is 0 Å². The summed E-state index contributed by atoms with van der Waals surface area (Å²) in [5, 5.41) is 0. The molecule has 0 aromatic heterocycles. The van der Waals surface area contributed by atoms with Gasteiger partial charge in [0.15, 0.2) is 0 Å². The van der Waals surface area contributed by atoms with E-state index in [0.717, 1.165) is 4.47 Å². The van der Waals surface area contributed by atoms with Crippen LogP contribution in [-0.4, -0.2) is 0 Å². The molecule has 1 aromatic carbocycles. The molecule has 7 heavy (non-hydrogen) atoms. The molecule has 0 spiro atoms. The van der Waals surface area contributed by atoms with Crippen molar-refractivity contribution in [2.24, 2.45) is 0 Å². The van der Waals surface area contributed by atoms with Gasteiger partial charge >= 0.3 is 0 Å². The van der Waals surface area contributed by atoms with Crippen molar-refractivity contribution in [1.29, 1.82) is 0 Å². The summed E-state index contributed by atoms with van der Waals surface area (Å²) in [6.45, 7) is 0. The molecule has 0 nitrogen and oxygen atoms in total. The summed E-state index contributed by atoms with van der Waals surface area (Å²) >= 11 is 3.24. The van der Waals surface area contributed by atoms with E-state index in [1.54, 1.807) is 6.07 Å². The Morgan fingerprint density at radius 2 is 2.43 bits per heavy atom. The highest BCUT2D eigenvalue weighted by molar-refractivity contribution is 9.10. The SMILES string of the molecule is Brc1[c]c[c]cc1. The van der Waals surface area contributed by atoms with Crippen LogP contribution < -0.4 is 0 Å². The van der Waals surface area contributed by atoms with Crippen LogP contribution in [0.1, 0.15) is 0 Å². The van der Waals surface area contributed by atoms with Crippen molar-refractivity contribution in [2.75, 3.05) is 0 Å². The quantitative estimate of drug-likeness (QED) is 0.537. The van der Waals surface area contributed by atoms with Crippen LogP contribution in [0.3, 0.4) is 0 Å². The zero-order valence-corrected chi connectivity index (χ0v) is 5.20. The van der Waals surface area contributed by atoms with Gasteiger partial charge in [-0.05, 0) is 24.3 Å². The largest absolute Gasteiger partial charge is 0.0532 e. The smallest absolute Gasteiger partial charge is 0.0254 e. The maximum absolute atomic E-state index is 3.24. The second kappa shape index (κ2) is 2.12. The van der Waals surface area contributed by atoms with E-state index in [0.29, 0.717) is 0 Å². The molecule has 0 unspecified atom stereocenters. The predicted octanol–water partition coefficient (Wildman–Crippen LogP) is 2.05. The highest BCUT2D eigenvalue weighted by Gasteiger charge is 1.75. The number of halogens is 1. The Morgan fingerprint density at radius 1 is 1.57 bits per heavy atom. The third-order valence-electron chi connectivity index (χ3n) is 0.619. The summed E-state index contributed by atoms with van der Waals surface area (Å²) in [6.07, 6.45) is 0. The van der Waals surface area contributed by atoms with Crippen LogP contribution in [0, 0.1) is 12.1 Å². The van der Waals surface area contributed by atoms with E-state index in [9.17, 15) is 0 Å². The van der Waals surface area contributed by atoms with E-state index in [2.05, 4.69) is 28.1 Å². The van der Waals surface area contributed by atoms with Crippen LogP contribution in [-0.2, 0) is 0 Å². The van der Waals surface area contributed by atoms with Gasteiger partial charge in [-0.25, -0.2) is 0 Å². The molecule has 0 heterocycles. The van der Waals surface area contributed by atoms with Gasteiger partial charge in [-0.2, -0.15) is 0 Å². The third kappa shape index (κ3) is 1.32. The van der Waals surface area contributed by atoms with E-state index in [1.165, 1.54) is 0 Å². The lowest BCUT2D eigenvalue weighted by molar-refractivity contribution is 1.62. The fourth-order valence-corrected chi connectivity index (χ4v) is 0.575. The topological polar surface area (TPSA) is 0 Å². The lowest BCUT2D eigenvalue weighted by Gasteiger charge is -1.78. The second-order valence-corrected chi connectivity index (χ2v) is 1.99. The molecule has 1 aromatic rings. The molecule has 0 aliphatic rings. The second-order valence-electron chi connectivity index (χ2n) is 1.14. The molecule has 0 aliphatic carbocycles. The minimum absolute atomic E-state index is 0.978. The summed E-state index contributed by atoms with van der Waals surface area (Å²) in [5.74, 6) is 0. The number of benzene rings is 1. The first-order chi connectivity index (χ1) is 3.39. The molecule has 0 saturated heterocycles. The Labute approximate surface area is 51.3 Å². The van der Waals surface area contributed by atoms with Gasteiger partial charge in [0, 0.05) is 4.47 Å². The molecule has 0 bridgehead atoms. The first kappa shape index (κ1) is 4.85. The first-order valence-corrected chi connectivity index (χ1v) is 2.72. The summed E-state index contributed by atoms with van der Waals surface area (Å²) in [4.78, 5) is 0. The fraction of sp³-hybridized carbons (Fsp3) is 0. The number of hydrogen-bond acceptors (Lipinski definition) is 0. The highest BCUT2D eigenvalue weighted by Crippen LogP contribution is 2.03. The number of hydrogen-bond donors (Lipinski definition) is 0. The molecule has 1 heteroatoms. The van der Waals surface area contributed by atoms with Crippen LogP contribution in [0.4, 0.5) is 0 Å². The summed E-state index contributed by atoms with van der Waals surface area (Å²) in [6, 6.07) is 11.2. The molecule has 34 valence electrons. The summed E-state index contributed by atoms with van der Waals surface area (Å²) in [7, 11) is 0. The van der Waals surface area contributed by atoms with Crippen molar-refractivity contribution >= 4 is 15.9 Å². The standard InChI is InChI=1S/C6H3Br/c7-6-4-2-1-3-5-6/h2-4H. The van der Waals surface area contributed by atoms with Crippen LogP contribution in [0.25, 0.3) is 0 Å². The Morgan fingerprint density at radius 3 is 2.71 bits per heavy atom. The van der Waals surface area contributed by atoms with E-state index in [1.807, 2.05) is 12.1 Å². The monoisotopic (exact) mass is 154 g/mol. The molecular formula is C6H3Br. The molecule has 0 atom stereocenters. The summed E-state index contributed by atoms with van der Waals surface area (Å²) in [5.41, 5.74) is 0. The molecule has 0 saturated carbocycles. The molecule has 2 radical (unpaired) electrons. The van der Waals surface area contributed by atoms with Gasteiger partial charge < -0.3 is 0 Å². The molecule has 0 N–H and O–H groups in total. The van der Waals surface area contributed by atoms with Crippen LogP contribution in [0.15, 0.2) is 22.7 Å². The molecule has 0 amide bonds. The average molecular weight is 155 g/mol. The van der Waals surface area contributed by atoms with Gasteiger partial charge in [-0.3, -0.25) is 0 Å². The Balaban J connectivity index is 3.02. The Bertz CT molecular complexity index is 134. The molecule has 1 rings (SSSR count). The van der Waals surface area contributed by atoms with Gasteiger partial charge in [0.1, 0.15) is 0 Å². The van der Waals surface area contributed by atoms with Gasteiger partial charge in [-0.1, -0.05) is 22.0 Å². The van der Waals surface area contributed by atoms with E-state index >= 15 is 0 Å². The molecule has 0 aliphatic heterocycles. The zero-order chi connectivity index (χ0) is 5.11. The van der Waals surface area contributed by atoms with Crippen molar-refractivity contribution in [2.45, 2.75) is 0 Å². The van der Waals surface area contributed by atoms with Gasteiger partial charge in [0.2, 0.25) is 0 Å². The lowest BCUT2D eigenvalue weighted by Crippen LogP contribution is -1.58. The average Bonchev–Trinajstić information content (AvgIpc) is 1.69. The van der Waals surface area contributed by atoms with E-state index in [4.69, 9.17) is 0 Å². The van der Waals surface area contributed by atoms with Crippen LogP contribution in [0.5, 0.6) is 0 Å². The normalized spacial score (nSPS) is 8.71.